The Morgan fingerprint density at radius 1 is 1.47 bits per heavy atom. The van der Waals surface area contributed by atoms with Gasteiger partial charge in [-0.2, -0.15) is 0 Å². The average molecular weight is 282 g/mol. The number of hydrogen-bond acceptors (Lipinski definition) is 5. The van der Waals surface area contributed by atoms with E-state index in [1.807, 2.05) is 0 Å². The van der Waals surface area contributed by atoms with Crippen LogP contribution in [0, 0.1) is 17.8 Å². The van der Waals surface area contributed by atoms with Gasteiger partial charge in [0.2, 0.25) is 11.0 Å². The SMILES string of the molecule is CC(C)Cc1nnc(NC(=O)C2CCCC2CN)s1. The molecule has 0 aromatic carbocycles. The summed E-state index contributed by atoms with van der Waals surface area (Å²) in [6.45, 7) is 4.88. The molecule has 2 unspecified atom stereocenters. The summed E-state index contributed by atoms with van der Waals surface area (Å²) in [5.74, 6) is 0.971. The molecule has 6 heteroatoms. The highest BCUT2D eigenvalue weighted by atomic mass is 32.1. The summed E-state index contributed by atoms with van der Waals surface area (Å²) >= 11 is 1.47. The van der Waals surface area contributed by atoms with Crippen LogP contribution >= 0.6 is 11.3 Å². The van der Waals surface area contributed by atoms with E-state index in [4.69, 9.17) is 5.73 Å². The van der Waals surface area contributed by atoms with Crippen molar-refractivity contribution in [3.63, 3.8) is 0 Å². The highest BCUT2D eigenvalue weighted by molar-refractivity contribution is 7.15. The molecule has 0 bridgehead atoms. The van der Waals surface area contributed by atoms with Gasteiger partial charge in [-0.3, -0.25) is 4.79 Å². The Bertz CT molecular complexity index is 432. The molecule has 106 valence electrons. The minimum Gasteiger partial charge on any atom is -0.330 e. The van der Waals surface area contributed by atoms with Crippen LogP contribution in [-0.4, -0.2) is 22.6 Å². The first-order chi connectivity index (χ1) is 9.10. The van der Waals surface area contributed by atoms with E-state index in [2.05, 4.69) is 29.4 Å². The Kier molecular flexibility index (Phi) is 4.87. The highest BCUT2D eigenvalue weighted by Crippen LogP contribution is 2.32. The largest absolute Gasteiger partial charge is 0.330 e. The average Bonchev–Trinajstić information content (AvgIpc) is 2.96. The van der Waals surface area contributed by atoms with E-state index < -0.39 is 0 Å². The predicted molar refractivity (Wildman–Crippen MR) is 77.0 cm³/mol. The zero-order valence-electron chi connectivity index (χ0n) is 11.6. The van der Waals surface area contributed by atoms with E-state index in [9.17, 15) is 4.79 Å². The van der Waals surface area contributed by atoms with Gasteiger partial charge in [0.15, 0.2) is 0 Å². The molecule has 0 radical (unpaired) electrons. The number of anilines is 1. The van der Waals surface area contributed by atoms with E-state index in [1.165, 1.54) is 11.3 Å². The lowest BCUT2D eigenvalue weighted by Gasteiger charge is -2.15. The van der Waals surface area contributed by atoms with Gasteiger partial charge in [0.05, 0.1) is 0 Å². The number of amides is 1. The van der Waals surface area contributed by atoms with Gasteiger partial charge >= 0.3 is 0 Å². The Labute approximate surface area is 118 Å². The number of carbonyl (C=O) groups is 1. The topological polar surface area (TPSA) is 80.9 Å². The minimum absolute atomic E-state index is 0.0439. The van der Waals surface area contributed by atoms with Crippen LogP contribution in [0.4, 0.5) is 5.13 Å². The van der Waals surface area contributed by atoms with Crippen molar-refractivity contribution in [3.8, 4) is 0 Å². The maximum Gasteiger partial charge on any atom is 0.229 e. The van der Waals surface area contributed by atoms with E-state index in [0.717, 1.165) is 30.7 Å². The van der Waals surface area contributed by atoms with Gasteiger partial charge in [0, 0.05) is 12.3 Å². The molecule has 1 aromatic heterocycles. The molecule has 1 aliphatic rings. The van der Waals surface area contributed by atoms with Crippen molar-refractivity contribution in [3.05, 3.63) is 5.01 Å². The van der Waals surface area contributed by atoms with Crippen LogP contribution in [-0.2, 0) is 11.2 Å². The normalized spacial score (nSPS) is 22.9. The molecule has 1 amide bonds. The van der Waals surface area contributed by atoms with Gasteiger partial charge in [-0.25, -0.2) is 0 Å². The van der Waals surface area contributed by atoms with Crippen LogP contribution in [0.25, 0.3) is 0 Å². The van der Waals surface area contributed by atoms with Crippen molar-refractivity contribution < 1.29 is 4.79 Å². The number of aromatic nitrogens is 2. The molecule has 0 saturated heterocycles. The molecule has 0 aliphatic heterocycles. The summed E-state index contributed by atoms with van der Waals surface area (Å²) in [5, 5.41) is 12.6. The molecular formula is C13H22N4OS. The number of nitrogens with one attached hydrogen (secondary N) is 1. The van der Waals surface area contributed by atoms with Crippen molar-refractivity contribution in [1.29, 1.82) is 0 Å². The fraction of sp³-hybridized carbons (Fsp3) is 0.769. The molecule has 1 fully saturated rings. The van der Waals surface area contributed by atoms with E-state index >= 15 is 0 Å². The van der Waals surface area contributed by atoms with E-state index in [1.54, 1.807) is 0 Å². The Morgan fingerprint density at radius 3 is 2.95 bits per heavy atom. The molecule has 2 rings (SSSR count). The number of nitrogens with zero attached hydrogens (tertiary/aromatic N) is 2. The number of hydrogen-bond donors (Lipinski definition) is 2. The lowest BCUT2D eigenvalue weighted by atomic mass is 9.95. The smallest absolute Gasteiger partial charge is 0.229 e. The fourth-order valence-electron chi connectivity index (χ4n) is 2.60. The summed E-state index contributed by atoms with van der Waals surface area (Å²) < 4.78 is 0. The van der Waals surface area contributed by atoms with Gasteiger partial charge in [-0.05, 0) is 31.2 Å². The van der Waals surface area contributed by atoms with Crippen LogP contribution in [0.3, 0.4) is 0 Å². The van der Waals surface area contributed by atoms with E-state index in [-0.39, 0.29) is 11.8 Å². The van der Waals surface area contributed by atoms with E-state index in [0.29, 0.717) is 23.5 Å². The Morgan fingerprint density at radius 2 is 2.26 bits per heavy atom. The first kappa shape index (κ1) is 14.4. The first-order valence-electron chi connectivity index (χ1n) is 6.93. The summed E-state index contributed by atoms with van der Waals surface area (Å²) in [6, 6.07) is 0. The third-order valence-electron chi connectivity index (χ3n) is 3.58. The van der Waals surface area contributed by atoms with Crippen LogP contribution in [0.2, 0.25) is 0 Å². The molecule has 5 nitrogen and oxygen atoms in total. The number of nitrogens with two attached hydrogens (primary N) is 1. The van der Waals surface area contributed by atoms with Gasteiger partial charge in [-0.1, -0.05) is 31.6 Å². The molecule has 0 spiro atoms. The quantitative estimate of drug-likeness (QED) is 0.866. The molecule has 2 atom stereocenters. The third-order valence-corrected chi connectivity index (χ3v) is 4.44. The Balaban J connectivity index is 1.93. The first-order valence-corrected chi connectivity index (χ1v) is 7.75. The molecule has 19 heavy (non-hydrogen) atoms. The number of carbonyl (C=O) groups excluding carboxylic acids is 1. The maximum absolute atomic E-state index is 12.2. The highest BCUT2D eigenvalue weighted by Gasteiger charge is 2.32. The zero-order valence-corrected chi connectivity index (χ0v) is 12.4. The molecule has 3 N–H and O–H groups in total. The van der Waals surface area contributed by atoms with Crippen molar-refractivity contribution in [1.82, 2.24) is 10.2 Å². The molecule has 1 saturated carbocycles. The Hall–Kier alpha value is -1.01. The van der Waals surface area contributed by atoms with Crippen molar-refractivity contribution in [2.24, 2.45) is 23.5 Å². The molecule has 1 aliphatic carbocycles. The maximum atomic E-state index is 12.2. The second-order valence-corrected chi connectivity index (χ2v) is 6.68. The van der Waals surface area contributed by atoms with Crippen molar-refractivity contribution in [2.45, 2.75) is 39.5 Å². The monoisotopic (exact) mass is 282 g/mol. The third kappa shape index (κ3) is 3.73. The zero-order chi connectivity index (χ0) is 13.8. The molecular weight excluding hydrogens is 260 g/mol. The lowest BCUT2D eigenvalue weighted by Crippen LogP contribution is -2.29. The summed E-state index contributed by atoms with van der Waals surface area (Å²) in [7, 11) is 0. The lowest BCUT2D eigenvalue weighted by molar-refractivity contribution is -0.120. The van der Waals surface area contributed by atoms with Crippen LogP contribution in [0.15, 0.2) is 0 Å². The molecule has 1 heterocycles. The standard InChI is InChI=1S/C13H22N4OS/c1-8(2)6-11-16-17-13(19-11)15-12(18)10-5-3-4-9(10)7-14/h8-10H,3-7,14H2,1-2H3,(H,15,17,18). The predicted octanol–water partition coefficient (Wildman–Crippen LogP) is 2.05. The van der Waals surface area contributed by atoms with Crippen LogP contribution < -0.4 is 11.1 Å². The van der Waals surface area contributed by atoms with Crippen LogP contribution in [0.5, 0.6) is 0 Å². The minimum atomic E-state index is 0.0439. The summed E-state index contributed by atoms with van der Waals surface area (Å²) in [6.07, 6.45) is 3.99. The fourth-order valence-corrected chi connectivity index (χ4v) is 3.55. The van der Waals surface area contributed by atoms with Crippen molar-refractivity contribution in [2.75, 3.05) is 11.9 Å². The second kappa shape index (κ2) is 6.43. The van der Waals surface area contributed by atoms with Crippen LogP contribution in [0.1, 0.15) is 38.1 Å². The summed E-state index contributed by atoms with van der Waals surface area (Å²) in [5.41, 5.74) is 5.71. The van der Waals surface area contributed by atoms with Gasteiger partial charge in [0.25, 0.3) is 0 Å². The number of rotatable bonds is 5. The van der Waals surface area contributed by atoms with Gasteiger partial charge in [0.1, 0.15) is 5.01 Å². The van der Waals surface area contributed by atoms with Crippen molar-refractivity contribution >= 4 is 22.4 Å². The summed E-state index contributed by atoms with van der Waals surface area (Å²) in [4.78, 5) is 12.2. The molecule has 1 aromatic rings. The van der Waals surface area contributed by atoms with Gasteiger partial charge < -0.3 is 11.1 Å². The second-order valence-electron chi connectivity index (χ2n) is 5.62. The van der Waals surface area contributed by atoms with Gasteiger partial charge in [-0.15, -0.1) is 10.2 Å².